The van der Waals surface area contributed by atoms with Crippen LogP contribution in [0.1, 0.15) is 25.7 Å². The predicted octanol–water partition coefficient (Wildman–Crippen LogP) is -0.958. The van der Waals surface area contributed by atoms with E-state index in [0.717, 1.165) is 0 Å². The molecule has 0 aromatic heterocycles. The van der Waals surface area contributed by atoms with Crippen LogP contribution < -0.4 is 16.7 Å². The molecule has 12 heavy (non-hydrogen) atoms. The van der Waals surface area contributed by atoms with Crippen LogP contribution in [0, 0.1) is 0 Å². The average Bonchev–Trinajstić information content (AvgIpc) is 2.11. The quantitative estimate of drug-likeness (QED) is 0.142. The Kier molecular flexibility index (Phi) is 5.94. The molecule has 2 amide bonds. The predicted molar refractivity (Wildman–Crippen MR) is 40.7 cm³/mol. The lowest BCUT2D eigenvalue weighted by molar-refractivity contribution is -0.129. The van der Waals surface area contributed by atoms with E-state index in [1.807, 2.05) is 5.43 Å². The van der Waals surface area contributed by atoms with Gasteiger partial charge in [0.05, 0.1) is 0 Å². The van der Waals surface area contributed by atoms with Crippen molar-refractivity contribution < 1.29 is 14.8 Å². The van der Waals surface area contributed by atoms with Crippen LogP contribution in [0.4, 0.5) is 0 Å². The molecule has 0 heterocycles. The molecule has 6 nitrogen and oxygen atoms in total. The van der Waals surface area contributed by atoms with Crippen LogP contribution in [0.15, 0.2) is 0 Å². The van der Waals surface area contributed by atoms with E-state index in [9.17, 15) is 9.59 Å². The van der Waals surface area contributed by atoms with Gasteiger partial charge in [0, 0.05) is 12.8 Å². The first-order valence-electron chi connectivity index (χ1n) is 3.63. The fraction of sp³-hybridized carbons (Fsp3) is 0.667. The van der Waals surface area contributed by atoms with E-state index in [1.165, 1.54) is 5.48 Å². The molecule has 0 aliphatic heterocycles. The van der Waals surface area contributed by atoms with Crippen molar-refractivity contribution in [2.45, 2.75) is 25.7 Å². The highest BCUT2D eigenvalue weighted by atomic mass is 16.5. The van der Waals surface area contributed by atoms with Crippen molar-refractivity contribution in [3.63, 3.8) is 0 Å². The van der Waals surface area contributed by atoms with Gasteiger partial charge in [0.1, 0.15) is 0 Å². The zero-order valence-corrected chi connectivity index (χ0v) is 6.67. The Morgan fingerprint density at radius 1 is 1.17 bits per heavy atom. The maximum absolute atomic E-state index is 10.5. The number of rotatable bonds is 5. The number of hydroxylamine groups is 1. The summed E-state index contributed by atoms with van der Waals surface area (Å²) in [5.74, 6) is 4.13. The van der Waals surface area contributed by atoms with Crippen LogP contribution in [0.25, 0.3) is 0 Å². The molecule has 0 aliphatic carbocycles. The molecule has 0 spiro atoms. The minimum absolute atomic E-state index is 0.217. The fourth-order valence-corrected chi connectivity index (χ4v) is 0.699. The average molecular weight is 175 g/mol. The van der Waals surface area contributed by atoms with Crippen LogP contribution in [-0.4, -0.2) is 17.0 Å². The van der Waals surface area contributed by atoms with Crippen LogP contribution in [-0.2, 0) is 9.59 Å². The highest BCUT2D eigenvalue weighted by molar-refractivity contribution is 5.76. The number of nitrogens with two attached hydrogens (primary N) is 1. The van der Waals surface area contributed by atoms with Gasteiger partial charge in [-0.25, -0.2) is 11.3 Å². The van der Waals surface area contributed by atoms with E-state index in [1.54, 1.807) is 0 Å². The Bertz CT molecular complexity index is 142. The second-order valence-electron chi connectivity index (χ2n) is 2.31. The second kappa shape index (κ2) is 6.56. The normalized spacial score (nSPS) is 9.17. The van der Waals surface area contributed by atoms with Crippen molar-refractivity contribution >= 4 is 11.8 Å². The summed E-state index contributed by atoms with van der Waals surface area (Å²) in [5.41, 5.74) is 3.48. The first-order valence-corrected chi connectivity index (χ1v) is 3.63. The zero-order chi connectivity index (χ0) is 9.40. The van der Waals surface area contributed by atoms with Crippen LogP contribution >= 0.6 is 0 Å². The van der Waals surface area contributed by atoms with Crippen molar-refractivity contribution in [1.29, 1.82) is 0 Å². The summed E-state index contributed by atoms with van der Waals surface area (Å²) in [6.45, 7) is 0. The Balaban J connectivity index is 3.21. The number of amides is 2. The first kappa shape index (κ1) is 10.9. The van der Waals surface area contributed by atoms with E-state index in [0.29, 0.717) is 19.3 Å². The Labute approximate surface area is 70.0 Å². The number of carbonyl (C=O) groups excluding carboxylic acids is 2. The van der Waals surface area contributed by atoms with Crippen molar-refractivity contribution in [3.05, 3.63) is 0 Å². The molecule has 5 N–H and O–H groups in total. The molecular formula is C6H13N3O3. The first-order chi connectivity index (χ1) is 5.70. The maximum atomic E-state index is 10.5. The third kappa shape index (κ3) is 5.63. The third-order valence-electron chi connectivity index (χ3n) is 1.34. The number of unbranched alkanes of at least 4 members (excludes halogenated alkanes) is 1. The molecule has 0 radical (unpaired) electrons. The SMILES string of the molecule is NNC(=O)CCCCC(=O)NO. The number of nitrogens with one attached hydrogen (secondary N) is 2. The van der Waals surface area contributed by atoms with Gasteiger partial charge in [-0.05, 0) is 12.8 Å². The highest BCUT2D eigenvalue weighted by Gasteiger charge is 2.00. The van der Waals surface area contributed by atoms with E-state index in [4.69, 9.17) is 11.0 Å². The second-order valence-corrected chi connectivity index (χ2v) is 2.31. The Morgan fingerprint density at radius 2 is 1.67 bits per heavy atom. The Morgan fingerprint density at radius 3 is 2.08 bits per heavy atom. The summed E-state index contributed by atoms with van der Waals surface area (Å²) in [5, 5.41) is 8.09. The summed E-state index contributed by atoms with van der Waals surface area (Å²) in [4.78, 5) is 21.0. The van der Waals surface area contributed by atoms with Crippen LogP contribution in [0.5, 0.6) is 0 Å². The molecule has 70 valence electrons. The molecule has 0 fully saturated rings. The van der Waals surface area contributed by atoms with Crippen molar-refractivity contribution in [1.82, 2.24) is 10.9 Å². The van der Waals surface area contributed by atoms with Gasteiger partial charge in [0.2, 0.25) is 11.8 Å². The molecular weight excluding hydrogens is 162 g/mol. The number of hydrogen-bond donors (Lipinski definition) is 4. The van der Waals surface area contributed by atoms with Crippen molar-refractivity contribution in [2.24, 2.45) is 5.84 Å². The third-order valence-corrected chi connectivity index (χ3v) is 1.34. The minimum Gasteiger partial charge on any atom is -0.294 e. The summed E-state index contributed by atoms with van der Waals surface area (Å²) in [6.07, 6.45) is 1.65. The van der Waals surface area contributed by atoms with E-state index in [-0.39, 0.29) is 12.3 Å². The molecule has 0 unspecified atom stereocenters. The number of hydrogen-bond acceptors (Lipinski definition) is 4. The summed E-state index contributed by atoms with van der Waals surface area (Å²) < 4.78 is 0. The zero-order valence-electron chi connectivity index (χ0n) is 6.67. The summed E-state index contributed by atoms with van der Waals surface area (Å²) in [6, 6.07) is 0. The summed E-state index contributed by atoms with van der Waals surface area (Å²) >= 11 is 0. The monoisotopic (exact) mass is 175 g/mol. The number of hydrazine groups is 1. The van der Waals surface area contributed by atoms with Crippen LogP contribution in [0.2, 0.25) is 0 Å². The van der Waals surface area contributed by atoms with E-state index in [2.05, 4.69) is 0 Å². The largest absolute Gasteiger partial charge is 0.294 e. The highest BCUT2D eigenvalue weighted by Crippen LogP contribution is 1.98. The maximum Gasteiger partial charge on any atom is 0.243 e. The van der Waals surface area contributed by atoms with Gasteiger partial charge >= 0.3 is 0 Å². The lowest BCUT2D eigenvalue weighted by Gasteiger charge is -1.98. The van der Waals surface area contributed by atoms with Crippen LogP contribution in [0.3, 0.4) is 0 Å². The van der Waals surface area contributed by atoms with Gasteiger partial charge in [-0.15, -0.1) is 0 Å². The molecule has 0 rings (SSSR count). The Hall–Kier alpha value is -1.14. The molecule has 0 saturated carbocycles. The van der Waals surface area contributed by atoms with Gasteiger partial charge in [-0.1, -0.05) is 0 Å². The van der Waals surface area contributed by atoms with Gasteiger partial charge in [0.25, 0.3) is 0 Å². The molecule has 0 aliphatic rings. The molecule has 6 heteroatoms. The smallest absolute Gasteiger partial charge is 0.243 e. The van der Waals surface area contributed by atoms with E-state index < -0.39 is 5.91 Å². The van der Waals surface area contributed by atoms with Crippen molar-refractivity contribution in [3.8, 4) is 0 Å². The van der Waals surface area contributed by atoms with Gasteiger partial charge in [-0.2, -0.15) is 0 Å². The van der Waals surface area contributed by atoms with Crippen molar-refractivity contribution in [2.75, 3.05) is 0 Å². The molecule has 0 aromatic rings. The molecule has 0 bridgehead atoms. The minimum atomic E-state index is -0.442. The van der Waals surface area contributed by atoms with Gasteiger partial charge in [0.15, 0.2) is 0 Å². The topological polar surface area (TPSA) is 104 Å². The standard InChI is InChI=1S/C6H13N3O3/c7-8-5(10)3-1-2-4-6(11)9-12/h12H,1-4,7H2,(H,8,10)(H,9,11). The lowest BCUT2D eigenvalue weighted by Crippen LogP contribution is -2.29. The lowest BCUT2D eigenvalue weighted by atomic mass is 10.2. The summed E-state index contributed by atoms with van der Waals surface area (Å²) in [7, 11) is 0. The fourth-order valence-electron chi connectivity index (χ4n) is 0.699. The van der Waals surface area contributed by atoms with Gasteiger partial charge in [-0.3, -0.25) is 20.2 Å². The molecule has 0 atom stereocenters. The molecule has 0 saturated heterocycles. The number of carbonyl (C=O) groups is 2. The molecule has 0 aromatic carbocycles. The van der Waals surface area contributed by atoms with Gasteiger partial charge < -0.3 is 0 Å². The van der Waals surface area contributed by atoms with E-state index >= 15 is 0 Å².